The van der Waals surface area contributed by atoms with E-state index in [4.69, 9.17) is 5.73 Å². The van der Waals surface area contributed by atoms with Crippen LogP contribution in [0.3, 0.4) is 0 Å². The molecule has 2 N–H and O–H groups in total. The summed E-state index contributed by atoms with van der Waals surface area (Å²) < 4.78 is 64.6. The molecule has 0 atom stereocenters. The number of nitrogens with two attached hydrogens (primary N) is 1. The number of carbonyl (C=O) groups is 1. The van der Waals surface area contributed by atoms with Crippen LogP contribution in [0.5, 0.6) is 5.75 Å². The molecule has 0 fully saturated rings. The summed E-state index contributed by atoms with van der Waals surface area (Å²) in [5.74, 6) is -3.21. The second kappa shape index (κ2) is 5.22. The van der Waals surface area contributed by atoms with E-state index in [1.807, 2.05) is 0 Å². The molecule has 12 heteroatoms. The second-order valence-corrected chi connectivity index (χ2v) is 3.21. The molecular formula is C8H4F5N3O4. The maximum atomic E-state index is 12.6. The van der Waals surface area contributed by atoms with E-state index in [0.29, 0.717) is 0 Å². The van der Waals surface area contributed by atoms with Gasteiger partial charge in [-0.15, -0.1) is 13.2 Å². The molecule has 0 saturated heterocycles. The molecule has 1 aromatic heterocycles. The van der Waals surface area contributed by atoms with Gasteiger partial charge >= 0.3 is 12.0 Å². The number of nitro groups is 1. The van der Waals surface area contributed by atoms with Gasteiger partial charge in [0.25, 0.3) is 12.3 Å². The number of aromatic nitrogens is 1. The van der Waals surface area contributed by atoms with Crippen molar-refractivity contribution in [2.24, 2.45) is 5.73 Å². The van der Waals surface area contributed by atoms with Crippen LogP contribution in [0.2, 0.25) is 0 Å². The molecule has 0 saturated carbocycles. The van der Waals surface area contributed by atoms with Crippen molar-refractivity contribution in [3.05, 3.63) is 27.6 Å². The molecule has 0 aliphatic heterocycles. The van der Waals surface area contributed by atoms with Crippen molar-refractivity contribution in [1.29, 1.82) is 0 Å². The van der Waals surface area contributed by atoms with E-state index in [1.165, 1.54) is 0 Å². The van der Waals surface area contributed by atoms with Gasteiger partial charge in [0.1, 0.15) is 5.69 Å². The lowest BCUT2D eigenvalue weighted by molar-refractivity contribution is -0.389. The summed E-state index contributed by atoms with van der Waals surface area (Å²) in [6.07, 6.45) is -9.10. The van der Waals surface area contributed by atoms with Crippen LogP contribution in [-0.4, -0.2) is 22.2 Å². The molecule has 110 valence electrons. The number of hydrogen-bond acceptors (Lipinski definition) is 5. The molecule has 1 heterocycles. The zero-order valence-corrected chi connectivity index (χ0v) is 9.15. The van der Waals surface area contributed by atoms with Gasteiger partial charge in [-0.3, -0.25) is 14.9 Å². The Morgan fingerprint density at radius 1 is 1.45 bits per heavy atom. The Kier molecular flexibility index (Phi) is 4.06. The van der Waals surface area contributed by atoms with Crippen LogP contribution < -0.4 is 10.5 Å². The number of pyridine rings is 1. The Bertz CT molecular complexity index is 560. The Morgan fingerprint density at radius 2 is 2.00 bits per heavy atom. The fraction of sp³-hybridized carbons (Fsp3) is 0.250. The summed E-state index contributed by atoms with van der Waals surface area (Å²) >= 11 is 0. The minimum Gasteiger partial charge on any atom is -0.396 e. The number of hydrogen-bond donors (Lipinski definition) is 1. The van der Waals surface area contributed by atoms with Gasteiger partial charge in [0.2, 0.25) is 5.75 Å². The molecule has 0 aliphatic rings. The van der Waals surface area contributed by atoms with E-state index in [9.17, 15) is 36.9 Å². The normalized spacial score (nSPS) is 11.5. The minimum absolute atomic E-state index is 0.218. The Hall–Kier alpha value is -2.53. The SMILES string of the molecule is NC(=O)c1cc([N+](=O)[O-])c(OC(F)(F)F)c(C(F)F)n1. The van der Waals surface area contributed by atoms with Crippen LogP contribution in [-0.2, 0) is 0 Å². The molecule has 0 bridgehead atoms. The molecule has 0 spiro atoms. The summed E-state index contributed by atoms with van der Waals surface area (Å²) in [6.45, 7) is 0. The maximum absolute atomic E-state index is 12.6. The number of halogens is 5. The summed E-state index contributed by atoms with van der Waals surface area (Å²) in [7, 11) is 0. The molecule has 0 radical (unpaired) electrons. The third-order valence-electron chi connectivity index (χ3n) is 1.85. The Morgan fingerprint density at radius 3 is 2.35 bits per heavy atom. The number of nitrogens with zero attached hydrogens (tertiary/aromatic N) is 2. The average Bonchev–Trinajstić information content (AvgIpc) is 2.25. The average molecular weight is 301 g/mol. The topological polar surface area (TPSA) is 108 Å². The molecule has 1 rings (SSSR count). The van der Waals surface area contributed by atoms with Gasteiger partial charge in [0.05, 0.1) is 11.0 Å². The van der Waals surface area contributed by atoms with Crippen LogP contribution in [0.15, 0.2) is 6.07 Å². The van der Waals surface area contributed by atoms with E-state index in [-0.39, 0.29) is 6.07 Å². The fourth-order valence-corrected chi connectivity index (χ4v) is 1.17. The standard InChI is InChI=1S/C8H4F5N3O4/c9-6(10)4-5(20-8(11,12)13)3(16(18)19)1-2(15-4)7(14)17/h1,6H,(H2,14,17). The number of alkyl halides is 5. The zero-order valence-electron chi connectivity index (χ0n) is 9.15. The van der Waals surface area contributed by atoms with Gasteiger partial charge in [-0.25, -0.2) is 13.8 Å². The fourth-order valence-electron chi connectivity index (χ4n) is 1.17. The molecule has 7 nitrogen and oxygen atoms in total. The molecular weight excluding hydrogens is 297 g/mol. The third kappa shape index (κ3) is 3.49. The number of ether oxygens (including phenoxy) is 1. The van der Waals surface area contributed by atoms with Crippen LogP contribution in [0.1, 0.15) is 22.6 Å². The molecule has 0 aromatic carbocycles. The summed E-state index contributed by atoms with van der Waals surface area (Å²) in [5, 5.41) is 10.6. The number of amides is 1. The van der Waals surface area contributed by atoms with Gasteiger partial charge in [-0.2, -0.15) is 0 Å². The van der Waals surface area contributed by atoms with Gasteiger partial charge in [-0.05, 0) is 0 Å². The first kappa shape index (κ1) is 15.5. The van der Waals surface area contributed by atoms with E-state index in [2.05, 4.69) is 9.72 Å². The van der Waals surface area contributed by atoms with Gasteiger partial charge in [0, 0.05) is 0 Å². The van der Waals surface area contributed by atoms with Crippen molar-refractivity contribution >= 4 is 11.6 Å². The van der Waals surface area contributed by atoms with E-state index in [0.717, 1.165) is 0 Å². The van der Waals surface area contributed by atoms with E-state index in [1.54, 1.807) is 0 Å². The zero-order chi connectivity index (χ0) is 15.7. The van der Waals surface area contributed by atoms with Gasteiger partial charge in [0.15, 0.2) is 5.69 Å². The summed E-state index contributed by atoms with van der Waals surface area (Å²) in [4.78, 5) is 22.8. The lowest BCUT2D eigenvalue weighted by Crippen LogP contribution is -2.21. The van der Waals surface area contributed by atoms with Crippen LogP contribution >= 0.6 is 0 Å². The smallest absolute Gasteiger partial charge is 0.396 e. The highest BCUT2D eigenvalue weighted by atomic mass is 19.4. The number of carbonyl (C=O) groups excluding carboxylic acids is 1. The van der Waals surface area contributed by atoms with Crippen molar-refractivity contribution in [2.75, 3.05) is 0 Å². The van der Waals surface area contributed by atoms with Crippen molar-refractivity contribution < 1.29 is 36.4 Å². The van der Waals surface area contributed by atoms with Crippen LogP contribution in [0.4, 0.5) is 27.6 Å². The monoisotopic (exact) mass is 301 g/mol. The third-order valence-corrected chi connectivity index (χ3v) is 1.85. The predicted octanol–water partition coefficient (Wildman–Crippen LogP) is 1.92. The van der Waals surface area contributed by atoms with Gasteiger partial charge in [-0.1, -0.05) is 0 Å². The highest BCUT2D eigenvalue weighted by Crippen LogP contribution is 2.39. The quantitative estimate of drug-likeness (QED) is 0.519. The number of primary amides is 1. The van der Waals surface area contributed by atoms with Crippen molar-refractivity contribution in [1.82, 2.24) is 4.98 Å². The molecule has 0 aliphatic carbocycles. The summed E-state index contributed by atoms with van der Waals surface area (Å²) in [6, 6.07) is 0.218. The lowest BCUT2D eigenvalue weighted by atomic mass is 10.2. The van der Waals surface area contributed by atoms with Gasteiger partial charge < -0.3 is 10.5 Å². The van der Waals surface area contributed by atoms with E-state index >= 15 is 0 Å². The minimum atomic E-state index is -5.45. The maximum Gasteiger partial charge on any atom is 0.573 e. The van der Waals surface area contributed by atoms with Crippen molar-refractivity contribution in [3.8, 4) is 5.75 Å². The van der Waals surface area contributed by atoms with E-state index < -0.39 is 46.4 Å². The summed E-state index contributed by atoms with van der Waals surface area (Å²) in [5.41, 5.74) is 0.510. The number of rotatable bonds is 4. The lowest BCUT2D eigenvalue weighted by Gasteiger charge is -2.13. The van der Waals surface area contributed by atoms with Crippen LogP contribution in [0, 0.1) is 10.1 Å². The second-order valence-electron chi connectivity index (χ2n) is 3.21. The van der Waals surface area contributed by atoms with Crippen molar-refractivity contribution in [3.63, 3.8) is 0 Å². The molecule has 1 amide bonds. The molecule has 0 unspecified atom stereocenters. The predicted molar refractivity (Wildman–Crippen MR) is 51.0 cm³/mol. The molecule has 1 aromatic rings. The first-order chi connectivity index (χ1) is 9.03. The Labute approximate surface area is 106 Å². The Balaban J connectivity index is 3.59. The largest absolute Gasteiger partial charge is 0.573 e. The highest BCUT2D eigenvalue weighted by Gasteiger charge is 2.39. The van der Waals surface area contributed by atoms with Crippen LogP contribution in [0.25, 0.3) is 0 Å². The van der Waals surface area contributed by atoms with Crippen molar-refractivity contribution in [2.45, 2.75) is 12.8 Å². The first-order valence-electron chi connectivity index (χ1n) is 4.56. The molecule has 20 heavy (non-hydrogen) atoms. The highest BCUT2D eigenvalue weighted by molar-refractivity contribution is 5.91. The first-order valence-corrected chi connectivity index (χ1v) is 4.56.